The van der Waals surface area contributed by atoms with Crippen LogP contribution < -0.4 is 0 Å². The first-order chi connectivity index (χ1) is 10.2. The van der Waals surface area contributed by atoms with Crippen LogP contribution in [0.1, 0.15) is 44.0 Å². The Labute approximate surface area is 128 Å². The van der Waals surface area contributed by atoms with E-state index in [-0.39, 0.29) is 22.7 Å². The summed E-state index contributed by atoms with van der Waals surface area (Å²) < 4.78 is 26.6. The van der Waals surface area contributed by atoms with Crippen LogP contribution in [-0.4, -0.2) is 11.6 Å². The van der Waals surface area contributed by atoms with E-state index >= 15 is 0 Å². The Morgan fingerprint density at radius 1 is 1.27 bits per heavy atom. The van der Waals surface area contributed by atoms with Crippen LogP contribution in [0.2, 0.25) is 0 Å². The summed E-state index contributed by atoms with van der Waals surface area (Å²) in [5.74, 6) is -2.19. The van der Waals surface area contributed by atoms with E-state index in [9.17, 15) is 18.4 Å². The summed E-state index contributed by atoms with van der Waals surface area (Å²) >= 11 is 0. The first-order valence-electron chi connectivity index (χ1n) is 7.44. The topological polar surface area (TPSA) is 34.1 Å². The molecule has 0 aromatic heterocycles. The van der Waals surface area contributed by atoms with Gasteiger partial charge in [0.2, 0.25) is 0 Å². The van der Waals surface area contributed by atoms with E-state index in [0.717, 1.165) is 25.0 Å². The average Bonchev–Trinajstić information content (AvgIpc) is 2.73. The van der Waals surface area contributed by atoms with E-state index in [1.165, 1.54) is 6.08 Å². The molecule has 116 valence electrons. The number of hydrogen-bond acceptors (Lipinski definition) is 2. The van der Waals surface area contributed by atoms with E-state index in [1.54, 1.807) is 0 Å². The summed E-state index contributed by atoms with van der Waals surface area (Å²) in [5, 5.41) is 0. The molecule has 0 radical (unpaired) electrons. The van der Waals surface area contributed by atoms with Gasteiger partial charge in [-0.15, -0.1) is 0 Å². The fraction of sp³-hybridized carbons (Fsp3) is 0.444. The van der Waals surface area contributed by atoms with Crippen molar-refractivity contribution in [3.63, 3.8) is 0 Å². The van der Waals surface area contributed by atoms with Gasteiger partial charge in [-0.2, -0.15) is 0 Å². The number of carbonyl (C=O) groups is 2. The average molecular weight is 304 g/mol. The van der Waals surface area contributed by atoms with Crippen LogP contribution in [0.4, 0.5) is 8.78 Å². The smallest absolute Gasteiger partial charge is 0.189 e. The van der Waals surface area contributed by atoms with Crippen LogP contribution in [0.15, 0.2) is 29.8 Å². The summed E-state index contributed by atoms with van der Waals surface area (Å²) in [4.78, 5) is 24.9. The quantitative estimate of drug-likeness (QED) is 0.609. The van der Waals surface area contributed by atoms with Crippen molar-refractivity contribution in [2.45, 2.75) is 33.6 Å². The Hall–Kier alpha value is -1.84. The van der Waals surface area contributed by atoms with Gasteiger partial charge in [-0.25, -0.2) is 8.78 Å². The number of Topliss-reactive ketones (excluding diaryl/α,β-unsaturated/α-hetero) is 1. The molecule has 0 saturated heterocycles. The van der Waals surface area contributed by atoms with Crippen molar-refractivity contribution in [1.82, 2.24) is 0 Å². The van der Waals surface area contributed by atoms with Gasteiger partial charge in [0.05, 0.1) is 5.56 Å². The molecule has 1 aromatic rings. The Kier molecular flexibility index (Phi) is 3.13. The van der Waals surface area contributed by atoms with E-state index in [1.807, 2.05) is 20.8 Å². The minimum absolute atomic E-state index is 0.00961. The van der Waals surface area contributed by atoms with Crippen molar-refractivity contribution in [2.75, 3.05) is 0 Å². The Morgan fingerprint density at radius 2 is 1.95 bits per heavy atom. The number of carbonyl (C=O) groups excluding carboxylic acids is 2. The molecular weight excluding hydrogens is 286 g/mol. The van der Waals surface area contributed by atoms with Crippen molar-refractivity contribution < 1.29 is 18.4 Å². The molecule has 0 unspecified atom stereocenters. The lowest BCUT2D eigenvalue weighted by Gasteiger charge is -2.31. The molecule has 0 aliphatic heterocycles. The number of allylic oxidation sites excluding steroid dienone is 2. The summed E-state index contributed by atoms with van der Waals surface area (Å²) in [7, 11) is 0. The Balaban J connectivity index is 2.00. The maximum absolute atomic E-state index is 13.7. The van der Waals surface area contributed by atoms with Crippen molar-refractivity contribution in [1.29, 1.82) is 0 Å². The monoisotopic (exact) mass is 304 g/mol. The highest BCUT2D eigenvalue weighted by Gasteiger charge is 2.63. The molecule has 2 saturated carbocycles. The standard InChI is InChI=1S/C18H18F2O2/c1-17(2)13-6-7-18(17,3)16(22)12(13)9-15(21)11-5-4-10(19)8-14(11)20/h4-5,8-9,13H,6-7H2,1-3H3/b12-9+/t13-,18+/m0/s1. The number of fused-ring (bicyclic) bond motifs is 2. The van der Waals surface area contributed by atoms with Gasteiger partial charge in [-0.05, 0) is 42.4 Å². The fourth-order valence-electron chi connectivity index (χ4n) is 4.00. The van der Waals surface area contributed by atoms with E-state index < -0.39 is 22.8 Å². The predicted molar refractivity (Wildman–Crippen MR) is 78.4 cm³/mol. The van der Waals surface area contributed by atoms with Crippen LogP contribution in [0.3, 0.4) is 0 Å². The number of benzene rings is 1. The third kappa shape index (κ3) is 1.82. The number of rotatable bonds is 2. The lowest BCUT2D eigenvalue weighted by Crippen LogP contribution is -2.32. The predicted octanol–water partition coefficient (Wildman–Crippen LogP) is 4.10. The maximum Gasteiger partial charge on any atom is 0.189 e. The highest BCUT2D eigenvalue weighted by molar-refractivity contribution is 6.13. The SMILES string of the molecule is CC1(C)[C@H]2CC[C@]1(C)C(=O)/C2=C/C(=O)c1ccc(F)cc1F. The Bertz CT molecular complexity index is 718. The highest BCUT2D eigenvalue weighted by atomic mass is 19.1. The molecule has 2 atom stereocenters. The normalized spacial score (nSPS) is 31.0. The van der Waals surface area contributed by atoms with E-state index in [2.05, 4.69) is 0 Å². The number of halogens is 2. The van der Waals surface area contributed by atoms with Crippen molar-refractivity contribution in [3.8, 4) is 0 Å². The third-order valence-corrected chi connectivity index (χ3v) is 5.85. The second kappa shape index (κ2) is 4.58. The lowest BCUT2D eigenvalue weighted by atomic mass is 9.70. The van der Waals surface area contributed by atoms with Crippen molar-refractivity contribution >= 4 is 11.6 Å². The van der Waals surface area contributed by atoms with E-state index in [4.69, 9.17) is 0 Å². The molecule has 2 aliphatic rings. The zero-order chi connectivity index (χ0) is 16.3. The minimum Gasteiger partial charge on any atom is -0.294 e. The van der Waals surface area contributed by atoms with Crippen LogP contribution >= 0.6 is 0 Å². The fourth-order valence-corrected chi connectivity index (χ4v) is 4.00. The van der Waals surface area contributed by atoms with Gasteiger partial charge in [0.25, 0.3) is 0 Å². The molecular formula is C18H18F2O2. The van der Waals surface area contributed by atoms with E-state index in [0.29, 0.717) is 11.6 Å². The molecule has 2 aliphatic carbocycles. The largest absolute Gasteiger partial charge is 0.294 e. The van der Waals surface area contributed by atoms with Crippen LogP contribution in [-0.2, 0) is 4.79 Å². The minimum atomic E-state index is -0.900. The van der Waals surface area contributed by atoms with Gasteiger partial charge < -0.3 is 0 Å². The Morgan fingerprint density at radius 3 is 2.50 bits per heavy atom. The van der Waals surface area contributed by atoms with Crippen LogP contribution in [0.25, 0.3) is 0 Å². The molecule has 0 N–H and O–H groups in total. The molecule has 0 spiro atoms. The van der Waals surface area contributed by atoms with Crippen molar-refractivity contribution in [3.05, 3.63) is 47.0 Å². The first-order valence-corrected chi connectivity index (χ1v) is 7.44. The zero-order valence-electron chi connectivity index (χ0n) is 12.9. The van der Waals surface area contributed by atoms with Gasteiger partial charge in [0.1, 0.15) is 11.6 Å². The summed E-state index contributed by atoms with van der Waals surface area (Å²) in [6.07, 6.45) is 2.94. The van der Waals surface area contributed by atoms with Gasteiger partial charge in [-0.3, -0.25) is 9.59 Å². The molecule has 0 heterocycles. The summed E-state index contributed by atoms with van der Waals surface area (Å²) in [6, 6.07) is 2.84. The zero-order valence-corrected chi connectivity index (χ0v) is 12.9. The summed E-state index contributed by atoms with van der Waals surface area (Å²) in [5.41, 5.74) is -0.359. The second-order valence-electron chi connectivity index (χ2n) is 7.06. The molecule has 2 bridgehead atoms. The summed E-state index contributed by atoms with van der Waals surface area (Å²) in [6.45, 7) is 6.04. The molecule has 1 aromatic carbocycles. The van der Waals surface area contributed by atoms with Crippen LogP contribution in [0.5, 0.6) is 0 Å². The second-order valence-corrected chi connectivity index (χ2v) is 7.06. The number of hydrogen-bond donors (Lipinski definition) is 0. The number of ketones is 2. The van der Waals surface area contributed by atoms with Crippen molar-refractivity contribution in [2.24, 2.45) is 16.7 Å². The van der Waals surface area contributed by atoms with Gasteiger partial charge >= 0.3 is 0 Å². The lowest BCUT2D eigenvalue weighted by molar-refractivity contribution is -0.125. The molecule has 0 amide bonds. The third-order valence-electron chi connectivity index (χ3n) is 5.85. The van der Waals surface area contributed by atoms with Gasteiger partial charge in [0, 0.05) is 17.1 Å². The van der Waals surface area contributed by atoms with Gasteiger partial charge in [0.15, 0.2) is 11.6 Å². The van der Waals surface area contributed by atoms with Crippen LogP contribution in [0, 0.1) is 28.4 Å². The van der Waals surface area contributed by atoms with Gasteiger partial charge in [-0.1, -0.05) is 20.8 Å². The first kappa shape index (κ1) is 15.1. The molecule has 3 rings (SSSR count). The highest BCUT2D eigenvalue weighted by Crippen LogP contribution is 2.65. The maximum atomic E-state index is 13.7. The molecule has 4 heteroatoms. The molecule has 2 nitrogen and oxygen atoms in total. The molecule has 22 heavy (non-hydrogen) atoms. The molecule has 2 fully saturated rings.